The van der Waals surface area contributed by atoms with Crippen LogP contribution >= 0.6 is 11.6 Å². The van der Waals surface area contributed by atoms with Gasteiger partial charge in [-0.2, -0.15) is 23.4 Å². The van der Waals surface area contributed by atoms with Crippen LogP contribution < -0.4 is 0 Å². The minimum atomic E-state index is -4.54. The molecule has 1 aromatic carbocycles. The van der Waals surface area contributed by atoms with Gasteiger partial charge in [0.05, 0.1) is 35.1 Å². The molecule has 0 unspecified atom stereocenters. The van der Waals surface area contributed by atoms with Crippen molar-refractivity contribution in [2.45, 2.75) is 33.1 Å². The van der Waals surface area contributed by atoms with Crippen LogP contribution in [-0.4, -0.2) is 24.5 Å². The molecule has 4 rings (SSSR count). The minimum Gasteiger partial charge on any atom is -0.272 e. The number of rotatable bonds is 4. The monoisotopic (exact) mass is 419 g/mol. The summed E-state index contributed by atoms with van der Waals surface area (Å²) in [6.07, 6.45) is -1.35. The summed E-state index contributed by atoms with van der Waals surface area (Å²) in [5.41, 5.74) is 1.13. The van der Waals surface area contributed by atoms with Crippen molar-refractivity contribution in [1.82, 2.24) is 24.5 Å². The third-order valence-corrected chi connectivity index (χ3v) is 5.08. The van der Waals surface area contributed by atoms with Crippen molar-refractivity contribution in [1.29, 1.82) is 0 Å². The third-order valence-electron chi connectivity index (χ3n) is 4.71. The van der Waals surface area contributed by atoms with Gasteiger partial charge in [0.2, 0.25) is 0 Å². The van der Waals surface area contributed by atoms with Crippen LogP contribution in [0.2, 0.25) is 5.02 Å². The molecule has 0 bridgehead atoms. The van der Waals surface area contributed by atoms with E-state index in [4.69, 9.17) is 11.6 Å². The lowest BCUT2D eigenvalue weighted by molar-refractivity contribution is -0.136. The van der Waals surface area contributed by atoms with Gasteiger partial charge in [0, 0.05) is 23.3 Å². The van der Waals surface area contributed by atoms with Gasteiger partial charge >= 0.3 is 6.18 Å². The quantitative estimate of drug-likeness (QED) is 0.448. The fourth-order valence-electron chi connectivity index (χ4n) is 3.29. The zero-order valence-electron chi connectivity index (χ0n) is 15.7. The molecule has 4 aromatic rings. The van der Waals surface area contributed by atoms with Crippen molar-refractivity contribution in [3.05, 3.63) is 64.6 Å². The van der Waals surface area contributed by atoms with Crippen LogP contribution in [-0.2, 0) is 19.3 Å². The van der Waals surface area contributed by atoms with Gasteiger partial charge in [0.1, 0.15) is 0 Å². The molecular formula is C20H17ClF3N5. The van der Waals surface area contributed by atoms with Crippen LogP contribution in [0.4, 0.5) is 13.2 Å². The van der Waals surface area contributed by atoms with E-state index < -0.39 is 11.7 Å². The van der Waals surface area contributed by atoms with Crippen LogP contribution in [0.5, 0.6) is 0 Å². The molecule has 0 N–H and O–H groups in total. The summed E-state index contributed by atoms with van der Waals surface area (Å²) in [5, 5.41) is 8.99. The van der Waals surface area contributed by atoms with Crippen molar-refractivity contribution >= 4 is 22.6 Å². The van der Waals surface area contributed by atoms with Crippen molar-refractivity contribution in [3.63, 3.8) is 0 Å². The molecule has 0 atom stereocenters. The molecule has 0 radical (unpaired) electrons. The van der Waals surface area contributed by atoms with Gasteiger partial charge < -0.3 is 0 Å². The third kappa shape index (κ3) is 3.60. The number of halogens is 4. The molecule has 9 heteroatoms. The topological polar surface area (TPSA) is 48.5 Å². The minimum absolute atomic E-state index is 0.00353. The normalized spacial score (nSPS) is 12.1. The Morgan fingerprint density at radius 1 is 1.17 bits per heavy atom. The van der Waals surface area contributed by atoms with Gasteiger partial charge in [-0.05, 0) is 31.5 Å². The Bertz CT molecular complexity index is 1190. The number of hydrogen-bond acceptors (Lipinski definition) is 3. The number of benzene rings is 1. The predicted molar refractivity (Wildman–Crippen MR) is 105 cm³/mol. The second-order valence-corrected chi connectivity index (χ2v) is 7.08. The van der Waals surface area contributed by atoms with E-state index in [2.05, 4.69) is 15.2 Å². The Hall–Kier alpha value is -2.87. The molecule has 0 aliphatic carbocycles. The Morgan fingerprint density at radius 2 is 1.93 bits per heavy atom. The van der Waals surface area contributed by atoms with Crippen LogP contribution in [0, 0.1) is 6.92 Å². The van der Waals surface area contributed by atoms with Crippen molar-refractivity contribution in [3.8, 4) is 11.3 Å². The van der Waals surface area contributed by atoms with Gasteiger partial charge in [0.25, 0.3) is 0 Å². The molecule has 150 valence electrons. The largest absolute Gasteiger partial charge is 0.417 e. The van der Waals surface area contributed by atoms with E-state index in [1.54, 1.807) is 29.9 Å². The Kier molecular flexibility index (Phi) is 4.82. The second kappa shape index (κ2) is 7.18. The lowest BCUT2D eigenvalue weighted by Gasteiger charge is -2.11. The molecule has 0 saturated carbocycles. The first-order valence-corrected chi connectivity index (χ1v) is 9.37. The number of aromatic nitrogens is 5. The average molecular weight is 420 g/mol. The van der Waals surface area contributed by atoms with Gasteiger partial charge in [-0.15, -0.1) is 0 Å². The Labute approximate surface area is 169 Å². The molecule has 0 fully saturated rings. The summed E-state index contributed by atoms with van der Waals surface area (Å²) < 4.78 is 44.7. The number of pyridine rings is 1. The highest BCUT2D eigenvalue weighted by molar-refractivity contribution is 6.31. The smallest absolute Gasteiger partial charge is 0.272 e. The second-order valence-electron chi connectivity index (χ2n) is 6.67. The number of fused-ring (bicyclic) bond motifs is 1. The van der Waals surface area contributed by atoms with Crippen LogP contribution in [0.25, 0.3) is 22.3 Å². The lowest BCUT2D eigenvalue weighted by atomic mass is 10.1. The molecular weight excluding hydrogens is 403 g/mol. The van der Waals surface area contributed by atoms with Crippen molar-refractivity contribution in [2.24, 2.45) is 0 Å². The van der Waals surface area contributed by atoms with Crippen molar-refractivity contribution in [2.75, 3.05) is 0 Å². The Morgan fingerprint density at radius 3 is 2.59 bits per heavy atom. The van der Waals surface area contributed by atoms with E-state index in [0.29, 0.717) is 17.1 Å². The highest BCUT2D eigenvalue weighted by Gasteiger charge is 2.35. The first kappa shape index (κ1) is 19.4. The maximum absolute atomic E-state index is 13.9. The van der Waals surface area contributed by atoms with E-state index in [9.17, 15) is 13.2 Å². The zero-order chi connectivity index (χ0) is 20.8. The standard InChI is InChI=1S/C20H17ClF3N5/c1-3-28-10-14(9-25-28)17-8-15(20(22,23)24)18-12(2)27-29(19(18)26-17)11-13-6-4-5-7-16(13)21/h4-10H,3,11H2,1-2H3. The van der Waals surface area contributed by atoms with E-state index in [1.165, 1.54) is 10.9 Å². The summed E-state index contributed by atoms with van der Waals surface area (Å²) in [6, 6.07) is 8.22. The van der Waals surface area contributed by atoms with Crippen molar-refractivity contribution < 1.29 is 13.2 Å². The molecule has 0 spiro atoms. The summed E-state index contributed by atoms with van der Waals surface area (Å²) in [5.74, 6) is 0. The SMILES string of the molecule is CCn1cc(-c2cc(C(F)(F)F)c3c(C)nn(Cc4ccccc4Cl)c3n2)cn1. The molecule has 5 nitrogen and oxygen atoms in total. The molecule has 29 heavy (non-hydrogen) atoms. The Balaban J connectivity index is 1.94. The summed E-state index contributed by atoms with van der Waals surface area (Å²) >= 11 is 6.23. The molecule has 0 aliphatic rings. The number of aryl methyl sites for hydroxylation is 2. The molecule has 0 aliphatic heterocycles. The number of alkyl halides is 3. The fourth-order valence-corrected chi connectivity index (χ4v) is 3.49. The number of nitrogens with zero attached hydrogens (tertiary/aromatic N) is 5. The zero-order valence-corrected chi connectivity index (χ0v) is 16.5. The van der Waals surface area contributed by atoms with Gasteiger partial charge in [-0.25, -0.2) is 9.67 Å². The van der Waals surface area contributed by atoms with E-state index >= 15 is 0 Å². The van der Waals surface area contributed by atoms with Crippen LogP contribution in [0.15, 0.2) is 42.7 Å². The van der Waals surface area contributed by atoms with E-state index in [1.807, 2.05) is 19.1 Å². The first-order valence-electron chi connectivity index (χ1n) is 8.99. The average Bonchev–Trinajstić information content (AvgIpc) is 3.27. The van der Waals surface area contributed by atoms with Gasteiger partial charge in [-0.1, -0.05) is 29.8 Å². The highest BCUT2D eigenvalue weighted by atomic mass is 35.5. The first-order chi connectivity index (χ1) is 13.8. The van der Waals surface area contributed by atoms with Gasteiger partial charge in [0.15, 0.2) is 5.65 Å². The predicted octanol–water partition coefficient (Wildman–Crippen LogP) is 5.34. The maximum atomic E-state index is 13.9. The molecule has 3 aromatic heterocycles. The summed E-state index contributed by atoms with van der Waals surface area (Å²) in [6.45, 7) is 4.28. The maximum Gasteiger partial charge on any atom is 0.417 e. The molecule has 0 saturated heterocycles. The number of hydrogen-bond donors (Lipinski definition) is 0. The summed E-state index contributed by atoms with van der Waals surface area (Å²) in [7, 11) is 0. The van der Waals surface area contributed by atoms with E-state index in [0.717, 1.165) is 11.6 Å². The fraction of sp³-hybridized carbons (Fsp3) is 0.250. The lowest BCUT2D eigenvalue weighted by Crippen LogP contribution is -2.08. The molecule has 0 amide bonds. The van der Waals surface area contributed by atoms with Crippen LogP contribution in [0.1, 0.15) is 23.7 Å². The van der Waals surface area contributed by atoms with E-state index in [-0.39, 0.29) is 29.0 Å². The van der Waals surface area contributed by atoms with Crippen LogP contribution in [0.3, 0.4) is 0 Å². The molecule has 3 heterocycles. The highest BCUT2D eigenvalue weighted by Crippen LogP contribution is 2.38. The van der Waals surface area contributed by atoms with Gasteiger partial charge in [-0.3, -0.25) is 4.68 Å². The summed E-state index contributed by atoms with van der Waals surface area (Å²) in [4.78, 5) is 4.52.